The monoisotopic (exact) mass is 362 g/mol. The van der Waals surface area contributed by atoms with Crippen molar-refractivity contribution in [3.8, 4) is 11.5 Å². The summed E-state index contributed by atoms with van der Waals surface area (Å²) in [6.07, 6.45) is 2.25. The highest BCUT2D eigenvalue weighted by Gasteiger charge is 2.20. The van der Waals surface area contributed by atoms with Crippen molar-refractivity contribution in [2.75, 3.05) is 33.3 Å². The molecule has 26 heavy (non-hydrogen) atoms. The lowest BCUT2D eigenvalue weighted by molar-refractivity contribution is 0.187. The van der Waals surface area contributed by atoms with Crippen LogP contribution in [0.2, 0.25) is 0 Å². The van der Waals surface area contributed by atoms with Crippen LogP contribution in [0.15, 0.2) is 23.2 Å². The summed E-state index contributed by atoms with van der Waals surface area (Å²) in [5.74, 6) is 2.49. The third-order valence-corrected chi connectivity index (χ3v) is 4.59. The number of phenols is 1. The molecule has 0 aromatic heterocycles. The van der Waals surface area contributed by atoms with Crippen LogP contribution in [-0.2, 0) is 6.54 Å². The summed E-state index contributed by atoms with van der Waals surface area (Å²) < 4.78 is 5.23. The highest BCUT2D eigenvalue weighted by Crippen LogP contribution is 2.23. The van der Waals surface area contributed by atoms with Crippen LogP contribution >= 0.6 is 0 Å². The number of aromatic hydroxyl groups is 1. The number of hydrogen-bond acceptors (Lipinski definition) is 4. The van der Waals surface area contributed by atoms with Crippen LogP contribution in [-0.4, -0.2) is 55.3 Å². The summed E-state index contributed by atoms with van der Waals surface area (Å²) in [7, 11) is 1.62. The molecule has 1 aliphatic rings. The number of nitrogens with zero attached hydrogens (tertiary/aromatic N) is 2. The molecule has 0 unspecified atom stereocenters. The molecule has 1 aromatic carbocycles. The van der Waals surface area contributed by atoms with E-state index in [0.717, 1.165) is 49.7 Å². The molecule has 0 atom stereocenters. The summed E-state index contributed by atoms with van der Waals surface area (Å²) in [5, 5.41) is 16.9. The van der Waals surface area contributed by atoms with Crippen molar-refractivity contribution in [1.82, 2.24) is 15.5 Å². The number of rotatable bonds is 7. The van der Waals surface area contributed by atoms with Gasteiger partial charge in [-0.15, -0.1) is 0 Å². The zero-order valence-corrected chi connectivity index (χ0v) is 16.6. The first-order valence-electron chi connectivity index (χ1n) is 9.64. The Morgan fingerprint density at radius 2 is 2.08 bits per heavy atom. The molecule has 1 heterocycles. The number of ether oxygens (including phenoxy) is 1. The zero-order valence-electron chi connectivity index (χ0n) is 16.6. The van der Waals surface area contributed by atoms with Crippen molar-refractivity contribution in [1.29, 1.82) is 0 Å². The molecule has 1 saturated heterocycles. The van der Waals surface area contributed by atoms with E-state index in [0.29, 0.717) is 18.5 Å². The highest BCUT2D eigenvalue weighted by molar-refractivity contribution is 5.80. The molecule has 1 fully saturated rings. The molecule has 0 bridgehead atoms. The Bertz CT molecular complexity index is 581. The van der Waals surface area contributed by atoms with E-state index in [4.69, 9.17) is 4.74 Å². The summed E-state index contributed by atoms with van der Waals surface area (Å²) in [6, 6.07) is 5.66. The number of aliphatic imine (C=N–C) groups is 1. The third kappa shape index (κ3) is 6.41. The van der Waals surface area contributed by atoms with E-state index in [1.807, 2.05) is 6.07 Å². The van der Waals surface area contributed by atoms with Gasteiger partial charge in [-0.25, -0.2) is 4.99 Å². The standard InChI is InChI=1S/C20H34N4O2/c1-5-21-20(22-13-16-12-18(26-4)6-7-19(16)25)23-17-8-10-24(11-9-17)14-15(2)3/h6-7,12,15,17,25H,5,8-11,13-14H2,1-4H3,(H2,21,22,23). The number of likely N-dealkylation sites (tertiary alicyclic amines) is 1. The molecule has 6 nitrogen and oxygen atoms in total. The maximum atomic E-state index is 10.0. The van der Waals surface area contributed by atoms with Gasteiger partial charge < -0.3 is 25.4 Å². The Kier molecular flexibility index (Phi) is 8.04. The van der Waals surface area contributed by atoms with E-state index in [1.165, 1.54) is 6.54 Å². The smallest absolute Gasteiger partial charge is 0.191 e. The number of hydrogen-bond donors (Lipinski definition) is 3. The van der Waals surface area contributed by atoms with E-state index in [2.05, 4.69) is 41.3 Å². The second-order valence-electron chi connectivity index (χ2n) is 7.30. The average molecular weight is 363 g/mol. The lowest BCUT2D eigenvalue weighted by Gasteiger charge is -2.34. The van der Waals surface area contributed by atoms with Crippen LogP contribution in [0.5, 0.6) is 11.5 Å². The fraction of sp³-hybridized carbons (Fsp3) is 0.650. The van der Waals surface area contributed by atoms with Crippen LogP contribution < -0.4 is 15.4 Å². The second-order valence-corrected chi connectivity index (χ2v) is 7.30. The van der Waals surface area contributed by atoms with Crippen LogP contribution in [0, 0.1) is 5.92 Å². The summed E-state index contributed by atoms with van der Waals surface area (Å²) in [5.41, 5.74) is 0.758. The van der Waals surface area contributed by atoms with Gasteiger partial charge in [0.1, 0.15) is 11.5 Å². The van der Waals surface area contributed by atoms with Gasteiger partial charge in [0.05, 0.1) is 13.7 Å². The molecule has 0 saturated carbocycles. The lowest BCUT2D eigenvalue weighted by atomic mass is 10.0. The van der Waals surface area contributed by atoms with E-state index >= 15 is 0 Å². The van der Waals surface area contributed by atoms with E-state index in [9.17, 15) is 5.11 Å². The molecule has 3 N–H and O–H groups in total. The summed E-state index contributed by atoms with van der Waals surface area (Å²) >= 11 is 0. The summed E-state index contributed by atoms with van der Waals surface area (Å²) in [4.78, 5) is 7.19. The SMILES string of the molecule is CCNC(=NCc1cc(OC)ccc1O)NC1CCN(CC(C)C)CC1. The molecule has 1 aromatic rings. The maximum absolute atomic E-state index is 10.0. The van der Waals surface area contributed by atoms with Gasteiger partial charge in [0.2, 0.25) is 0 Å². The lowest BCUT2D eigenvalue weighted by Crippen LogP contribution is -2.49. The minimum Gasteiger partial charge on any atom is -0.508 e. The molecule has 6 heteroatoms. The molecule has 0 spiro atoms. The molecule has 0 radical (unpaired) electrons. The number of phenolic OH excluding ortho intramolecular Hbond substituents is 1. The normalized spacial score (nSPS) is 16.7. The average Bonchev–Trinajstić information content (AvgIpc) is 2.62. The van der Waals surface area contributed by atoms with Gasteiger partial charge in [-0.1, -0.05) is 13.8 Å². The van der Waals surface area contributed by atoms with Crippen LogP contribution in [0.4, 0.5) is 0 Å². The molecule has 1 aliphatic heterocycles. The number of benzene rings is 1. The summed E-state index contributed by atoms with van der Waals surface area (Å²) in [6.45, 7) is 11.3. The molecule has 0 amide bonds. The molecule has 146 valence electrons. The second kappa shape index (κ2) is 10.3. The molecule has 2 rings (SSSR count). The number of nitrogens with one attached hydrogen (secondary N) is 2. The first-order chi connectivity index (χ1) is 12.5. The Labute approximate surface area is 157 Å². The Morgan fingerprint density at radius 1 is 1.35 bits per heavy atom. The van der Waals surface area contributed by atoms with Gasteiger partial charge in [0, 0.05) is 37.8 Å². The fourth-order valence-electron chi connectivity index (χ4n) is 3.27. The van der Waals surface area contributed by atoms with Crippen molar-refractivity contribution in [3.63, 3.8) is 0 Å². The predicted molar refractivity (Wildman–Crippen MR) is 107 cm³/mol. The van der Waals surface area contributed by atoms with Gasteiger partial charge in [-0.05, 0) is 43.9 Å². The third-order valence-electron chi connectivity index (χ3n) is 4.59. The van der Waals surface area contributed by atoms with Crippen molar-refractivity contribution >= 4 is 5.96 Å². The first-order valence-corrected chi connectivity index (χ1v) is 9.64. The van der Waals surface area contributed by atoms with Gasteiger partial charge in [0.15, 0.2) is 5.96 Å². The predicted octanol–water partition coefficient (Wildman–Crippen LogP) is 2.58. The van der Waals surface area contributed by atoms with E-state index in [1.54, 1.807) is 19.2 Å². The van der Waals surface area contributed by atoms with Crippen molar-refractivity contribution < 1.29 is 9.84 Å². The topological polar surface area (TPSA) is 69.1 Å². The number of guanidine groups is 1. The Balaban J connectivity index is 1.93. The molecular formula is C20H34N4O2. The van der Waals surface area contributed by atoms with Gasteiger partial charge in [-0.2, -0.15) is 0 Å². The largest absolute Gasteiger partial charge is 0.508 e. The van der Waals surface area contributed by atoms with E-state index in [-0.39, 0.29) is 5.75 Å². The quantitative estimate of drug-likeness (QED) is 0.514. The zero-order chi connectivity index (χ0) is 18.9. The van der Waals surface area contributed by atoms with E-state index < -0.39 is 0 Å². The van der Waals surface area contributed by atoms with Crippen LogP contribution in [0.25, 0.3) is 0 Å². The number of piperidine rings is 1. The maximum Gasteiger partial charge on any atom is 0.191 e. The Hall–Kier alpha value is -1.95. The minimum absolute atomic E-state index is 0.243. The van der Waals surface area contributed by atoms with Crippen LogP contribution in [0.1, 0.15) is 39.2 Å². The van der Waals surface area contributed by atoms with Crippen LogP contribution in [0.3, 0.4) is 0 Å². The van der Waals surface area contributed by atoms with Crippen molar-refractivity contribution in [3.05, 3.63) is 23.8 Å². The van der Waals surface area contributed by atoms with Gasteiger partial charge in [-0.3, -0.25) is 0 Å². The Morgan fingerprint density at radius 3 is 2.69 bits per heavy atom. The van der Waals surface area contributed by atoms with Crippen molar-refractivity contribution in [2.24, 2.45) is 10.9 Å². The van der Waals surface area contributed by atoms with Crippen molar-refractivity contribution in [2.45, 2.75) is 46.2 Å². The van der Waals surface area contributed by atoms with Gasteiger partial charge in [0.25, 0.3) is 0 Å². The molecule has 0 aliphatic carbocycles. The molecular weight excluding hydrogens is 328 g/mol. The minimum atomic E-state index is 0.243. The highest BCUT2D eigenvalue weighted by atomic mass is 16.5. The number of methoxy groups -OCH3 is 1. The fourth-order valence-corrected chi connectivity index (χ4v) is 3.27. The van der Waals surface area contributed by atoms with Gasteiger partial charge >= 0.3 is 0 Å². The first kappa shape index (κ1) is 20.4.